The lowest BCUT2D eigenvalue weighted by molar-refractivity contribution is -0.169. The molecular formula is C20H22ClN3O3. The van der Waals surface area contributed by atoms with E-state index in [9.17, 15) is 4.79 Å². The monoisotopic (exact) mass is 387 g/mol. The number of carbonyl (C=O) groups is 1. The minimum absolute atomic E-state index is 0.204. The van der Waals surface area contributed by atoms with Gasteiger partial charge >= 0.3 is 0 Å². The van der Waals surface area contributed by atoms with Crippen LogP contribution in [0.25, 0.3) is 0 Å². The van der Waals surface area contributed by atoms with Crippen molar-refractivity contribution in [2.75, 3.05) is 36.5 Å². The molecule has 1 amide bonds. The molecule has 2 aliphatic heterocycles. The number of halogens is 1. The Morgan fingerprint density at radius 3 is 2.59 bits per heavy atom. The molecule has 142 valence electrons. The summed E-state index contributed by atoms with van der Waals surface area (Å²) in [4.78, 5) is 19.2. The number of hydrogen-bond donors (Lipinski definition) is 1. The van der Waals surface area contributed by atoms with E-state index >= 15 is 0 Å². The van der Waals surface area contributed by atoms with Crippen molar-refractivity contribution in [3.63, 3.8) is 0 Å². The number of amides is 1. The first kappa shape index (κ1) is 18.2. The molecule has 1 aromatic heterocycles. The zero-order valence-electron chi connectivity index (χ0n) is 15.2. The number of carbonyl (C=O) groups excluding carboxylic acids is 1. The fourth-order valence-corrected chi connectivity index (χ4v) is 3.68. The average Bonchev–Trinajstić information content (AvgIpc) is 3.14. The van der Waals surface area contributed by atoms with Crippen LogP contribution in [0, 0.1) is 6.92 Å². The first-order valence-electron chi connectivity index (χ1n) is 9.12. The summed E-state index contributed by atoms with van der Waals surface area (Å²) >= 11 is 6.11. The van der Waals surface area contributed by atoms with Gasteiger partial charge in [0.2, 0.25) is 0 Å². The highest BCUT2D eigenvalue weighted by molar-refractivity contribution is 6.31. The molecule has 0 radical (unpaired) electrons. The van der Waals surface area contributed by atoms with Crippen molar-refractivity contribution < 1.29 is 14.3 Å². The summed E-state index contributed by atoms with van der Waals surface area (Å²) in [7, 11) is 0. The van der Waals surface area contributed by atoms with Crippen molar-refractivity contribution in [1.29, 1.82) is 0 Å². The summed E-state index contributed by atoms with van der Waals surface area (Å²) in [5.41, 5.74) is 2.05. The first-order chi connectivity index (χ1) is 13.1. The standard InChI is InChI=1S/C20H22ClN3O3/c1-14-16(21)3-2-4-17(14)23-19(25)15-5-6-18(22-13-15)24-9-7-20(8-10-24)26-11-12-27-20/h2-6,13H,7-12H2,1H3,(H,23,25). The van der Waals surface area contributed by atoms with Crippen LogP contribution in [0.4, 0.5) is 11.5 Å². The fourth-order valence-electron chi connectivity index (χ4n) is 3.51. The molecule has 2 aromatic rings. The number of rotatable bonds is 3. The van der Waals surface area contributed by atoms with E-state index in [0.29, 0.717) is 29.5 Å². The summed E-state index contributed by atoms with van der Waals surface area (Å²) < 4.78 is 11.5. The summed E-state index contributed by atoms with van der Waals surface area (Å²) in [6, 6.07) is 9.12. The van der Waals surface area contributed by atoms with Crippen LogP contribution in [-0.4, -0.2) is 43.0 Å². The number of piperidine rings is 1. The van der Waals surface area contributed by atoms with E-state index < -0.39 is 5.79 Å². The number of anilines is 2. The lowest BCUT2D eigenvalue weighted by Crippen LogP contribution is -2.45. The Hall–Kier alpha value is -2.15. The second-order valence-corrected chi connectivity index (χ2v) is 7.27. The van der Waals surface area contributed by atoms with E-state index in [1.54, 1.807) is 18.3 Å². The van der Waals surface area contributed by atoms with Gasteiger partial charge in [-0.15, -0.1) is 0 Å². The zero-order chi connectivity index (χ0) is 18.9. The third kappa shape index (κ3) is 3.78. The van der Waals surface area contributed by atoms with E-state index in [1.165, 1.54) is 0 Å². The van der Waals surface area contributed by atoms with Crippen molar-refractivity contribution in [1.82, 2.24) is 4.98 Å². The number of nitrogens with one attached hydrogen (secondary N) is 1. The minimum Gasteiger partial charge on any atom is -0.356 e. The fraction of sp³-hybridized carbons (Fsp3) is 0.400. The van der Waals surface area contributed by atoms with Crippen molar-refractivity contribution in [2.45, 2.75) is 25.6 Å². The van der Waals surface area contributed by atoms with Gasteiger partial charge in [-0.1, -0.05) is 17.7 Å². The summed E-state index contributed by atoms with van der Waals surface area (Å²) in [5, 5.41) is 3.51. The van der Waals surface area contributed by atoms with E-state index in [1.807, 2.05) is 25.1 Å². The van der Waals surface area contributed by atoms with Gasteiger partial charge in [0.15, 0.2) is 5.79 Å². The maximum atomic E-state index is 12.5. The maximum Gasteiger partial charge on any atom is 0.257 e. The minimum atomic E-state index is -0.398. The zero-order valence-corrected chi connectivity index (χ0v) is 16.0. The SMILES string of the molecule is Cc1c(Cl)cccc1NC(=O)c1ccc(N2CCC3(CC2)OCCO3)nc1. The number of benzene rings is 1. The van der Waals surface area contributed by atoms with Crippen LogP contribution in [0.1, 0.15) is 28.8 Å². The Labute approximate surface area is 163 Å². The van der Waals surface area contributed by atoms with Gasteiger partial charge in [-0.2, -0.15) is 0 Å². The Morgan fingerprint density at radius 1 is 1.19 bits per heavy atom. The molecule has 0 atom stereocenters. The molecule has 1 aromatic carbocycles. The molecule has 6 nitrogen and oxygen atoms in total. The highest BCUT2D eigenvalue weighted by Gasteiger charge is 2.40. The van der Waals surface area contributed by atoms with E-state index in [0.717, 1.165) is 37.3 Å². The van der Waals surface area contributed by atoms with Crippen molar-refractivity contribution in [3.05, 3.63) is 52.7 Å². The van der Waals surface area contributed by atoms with Crippen LogP contribution in [-0.2, 0) is 9.47 Å². The molecule has 0 unspecified atom stereocenters. The number of hydrogen-bond acceptors (Lipinski definition) is 5. The summed E-state index contributed by atoms with van der Waals surface area (Å²) in [6.07, 6.45) is 3.26. The van der Waals surface area contributed by atoms with Crippen LogP contribution in [0.3, 0.4) is 0 Å². The average molecular weight is 388 g/mol. The van der Waals surface area contributed by atoms with Gasteiger partial charge in [0.1, 0.15) is 5.82 Å². The lowest BCUT2D eigenvalue weighted by Gasteiger charge is -2.38. The van der Waals surface area contributed by atoms with Crippen LogP contribution in [0.2, 0.25) is 5.02 Å². The third-order valence-electron chi connectivity index (χ3n) is 5.19. The highest BCUT2D eigenvalue weighted by atomic mass is 35.5. The molecule has 7 heteroatoms. The molecule has 0 saturated carbocycles. The predicted molar refractivity (Wildman–Crippen MR) is 104 cm³/mol. The van der Waals surface area contributed by atoms with Crippen molar-refractivity contribution in [3.8, 4) is 0 Å². The molecule has 4 rings (SSSR count). The normalized spacial score (nSPS) is 18.7. The smallest absolute Gasteiger partial charge is 0.257 e. The third-order valence-corrected chi connectivity index (χ3v) is 5.60. The second kappa shape index (κ2) is 7.46. The Balaban J connectivity index is 1.40. The highest BCUT2D eigenvalue weighted by Crippen LogP contribution is 2.32. The van der Waals surface area contributed by atoms with Gasteiger partial charge in [-0.25, -0.2) is 4.98 Å². The molecule has 2 saturated heterocycles. The topological polar surface area (TPSA) is 63.7 Å². The molecule has 2 aliphatic rings. The lowest BCUT2D eigenvalue weighted by atomic mass is 10.0. The largest absolute Gasteiger partial charge is 0.356 e. The molecule has 2 fully saturated rings. The Kier molecular flexibility index (Phi) is 5.04. The van der Waals surface area contributed by atoms with Gasteiger partial charge in [-0.3, -0.25) is 4.79 Å². The van der Waals surface area contributed by atoms with E-state index in [4.69, 9.17) is 21.1 Å². The van der Waals surface area contributed by atoms with Crippen LogP contribution < -0.4 is 10.2 Å². The summed E-state index contributed by atoms with van der Waals surface area (Å²) in [6.45, 7) is 4.86. The van der Waals surface area contributed by atoms with Crippen LogP contribution in [0.15, 0.2) is 36.5 Å². The molecule has 1 N–H and O–H groups in total. The number of nitrogens with zero attached hydrogens (tertiary/aromatic N) is 2. The van der Waals surface area contributed by atoms with Crippen LogP contribution >= 0.6 is 11.6 Å². The second-order valence-electron chi connectivity index (χ2n) is 6.87. The van der Waals surface area contributed by atoms with E-state index in [2.05, 4.69) is 15.2 Å². The molecule has 27 heavy (non-hydrogen) atoms. The first-order valence-corrected chi connectivity index (χ1v) is 9.50. The van der Waals surface area contributed by atoms with Gasteiger partial charge in [0.25, 0.3) is 5.91 Å². The van der Waals surface area contributed by atoms with Crippen molar-refractivity contribution >= 4 is 29.0 Å². The Morgan fingerprint density at radius 2 is 1.93 bits per heavy atom. The summed E-state index contributed by atoms with van der Waals surface area (Å²) in [5.74, 6) is 0.258. The molecule has 3 heterocycles. The molecule has 1 spiro atoms. The van der Waals surface area contributed by atoms with Gasteiger partial charge in [-0.05, 0) is 36.8 Å². The number of ether oxygens (including phenoxy) is 2. The van der Waals surface area contributed by atoms with E-state index in [-0.39, 0.29) is 5.91 Å². The number of pyridine rings is 1. The van der Waals surface area contributed by atoms with Crippen molar-refractivity contribution in [2.24, 2.45) is 0 Å². The maximum absolute atomic E-state index is 12.5. The Bertz CT molecular complexity index is 825. The van der Waals surface area contributed by atoms with Crippen LogP contribution in [0.5, 0.6) is 0 Å². The predicted octanol–water partition coefficient (Wildman–Crippen LogP) is 3.64. The van der Waals surface area contributed by atoms with Gasteiger partial charge in [0, 0.05) is 42.8 Å². The van der Waals surface area contributed by atoms with Gasteiger partial charge < -0.3 is 19.7 Å². The quantitative estimate of drug-likeness (QED) is 0.871. The molecule has 0 aliphatic carbocycles. The number of aromatic nitrogens is 1. The van der Waals surface area contributed by atoms with Gasteiger partial charge in [0.05, 0.1) is 18.8 Å². The molecular weight excluding hydrogens is 366 g/mol. The molecule has 0 bridgehead atoms.